The van der Waals surface area contributed by atoms with Crippen LogP contribution in [-0.4, -0.2) is 86.0 Å². The van der Waals surface area contributed by atoms with Crippen LogP contribution in [0.3, 0.4) is 0 Å². The average molecular weight is 351 g/mol. The summed E-state index contributed by atoms with van der Waals surface area (Å²) in [7, 11) is 1.81. The molecule has 3 aliphatic rings. The van der Waals surface area contributed by atoms with E-state index in [0.717, 1.165) is 0 Å². The van der Waals surface area contributed by atoms with Gasteiger partial charge in [0.2, 0.25) is 11.9 Å². The van der Waals surface area contributed by atoms with Gasteiger partial charge >= 0.3 is 0 Å². The molecule has 4 heterocycles. The summed E-state index contributed by atoms with van der Waals surface area (Å²) in [4.78, 5) is 26.3. The minimum absolute atomic E-state index is 0.0320. The van der Waals surface area contributed by atoms with Crippen molar-refractivity contribution in [3.63, 3.8) is 0 Å². The third kappa shape index (κ3) is 3.13. The Kier molecular flexibility index (Phi) is 4.43. The maximum Gasteiger partial charge on any atom is 0.227 e. The monoisotopic (exact) mass is 351 g/mol. The van der Waals surface area contributed by atoms with E-state index < -0.39 is 5.82 Å². The molecule has 1 aromatic rings. The summed E-state index contributed by atoms with van der Waals surface area (Å²) in [6, 6.07) is -0.0320. The van der Waals surface area contributed by atoms with Gasteiger partial charge in [-0.1, -0.05) is 0 Å². The summed E-state index contributed by atoms with van der Waals surface area (Å²) in [6.07, 6.45) is 1.56. The molecule has 0 aliphatic carbocycles. The lowest BCUT2D eigenvalue weighted by Crippen LogP contribution is -2.42. The molecule has 0 aromatic carbocycles. The number of hydrogen-bond donors (Lipinski definition) is 0. The first-order chi connectivity index (χ1) is 12.1. The van der Waals surface area contributed by atoms with Crippen LogP contribution in [-0.2, 0) is 14.3 Å². The van der Waals surface area contributed by atoms with E-state index in [4.69, 9.17) is 9.47 Å². The molecule has 25 heavy (non-hydrogen) atoms. The van der Waals surface area contributed by atoms with Gasteiger partial charge in [0.25, 0.3) is 0 Å². The van der Waals surface area contributed by atoms with Gasteiger partial charge < -0.3 is 24.2 Å². The summed E-state index contributed by atoms with van der Waals surface area (Å²) >= 11 is 0. The highest BCUT2D eigenvalue weighted by atomic mass is 19.1. The first kappa shape index (κ1) is 16.5. The number of carbonyl (C=O) groups is 1. The number of halogens is 1. The lowest BCUT2D eigenvalue weighted by molar-refractivity contribution is -0.130. The van der Waals surface area contributed by atoms with E-state index in [2.05, 4.69) is 9.97 Å². The number of likely N-dealkylation sites (N-methyl/N-ethyl adjacent to an activating group) is 1. The van der Waals surface area contributed by atoms with Crippen molar-refractivity contribution in [1.29, 1.82) is 0 Å². The van der Waals surface area contributed by atoms with Crippen molar-refractivity contribution in [3.8, 4) is 0 Å². The lowest BCUT2D eigenvalue weighted by Gasteiger charge is -2.29. The second-order valence-corrected chi connectivity index (χ2v) is 6.58. The van der Waals surface area contributed by atoms with E-state index in [1.54, 1.807) is 4.90 Å². The molecule has 3 fully saturated rings. The number of carbonyl (C=O) groups excluding carboxylic acids is 1. The Labute approximate surface area is 145 Å². The molecular formula is C16H22FN5O3. The Morgan fingerprint density at radius 3 is 2.80 bits per heavy atom. The molecule has 4 rings (SSSR count). The number of anilines is 2. The van der Waals surface area contributed by atoms with E-state index in [1.165, 1.54) is 6.20 Å². The Morgan fingerprint density at radius 1 is 1.20 bits per heavy atom. The number of nitrogens with zero attached hydrogens (tertiary/aromatic N) is 5. The minimum Gasteiger partial charge on any atom is -0.378 e. The molecule has 3 saturated heterocycles. The minimum atomic E-state index is -0.428. The van der Waals surface area contributed by atoms with Crippen LogP contribution in [0.1, 0.15) is 6.42 Å². The maximum atomic E-state index is 14.2. The summed E-state index contributed by atoms with van der Waals surface area (Å²) in [5.41, 5.74) is 0. The quantitative estimate of drug-likeness (QED) is 0.736. The summed E-state index contributed by atoms with van der Waals surface area (Å²) < 4.78 is 25.3. The van der Waals surface area contributed by atoms with Crippen LogP contribution in [0.4, 0.5) is 16.2 Å². The van der Waals surface area contributed by atoms with Crippen molar-refractivity contribution >= 4 is 17.7 Å². The van der Waals surface area contributed by atoms with Crippen LogP contribution in [0.25, 0.3) is 0 Å². The summed E-state index contributed by atoms with van der Waals surface area (Å²) in [6.45, 7) is 3.96. The first-order valence-corrected chi connectivity index (χ1v) is 8.61. The van der Waals surface area contributed by atoms with Crippen molar-refractivity contribution in [2.75, 3.05) is 62.8 Å². The van der Waals surface area contributed by atoms with Gasteiger partial charge in [-0.05, 0) is 0 Å². The lowest BCUT2D eigenvalue weighted by atomic mass is 10.2. The van der Waals surface area contributed by atoms with Gasteiger partial charge in [0.1, 0.15) is 0 Å². The second kappa shape index (κ2) is 6.72. The van der Waals surface area contributed by atoms with Crippen molar-refractivity contribution in [2.24, 2.45) is 0 Å². The molecule has 0 spiro atoms. The van der Waals surface area contributed by atoms with Crippen molar-refractivity contribution < 1.29 is 18.7 Å². The molecular weight excluding hydrogens is 329 g/mol. The number of rotatable bonds is 2. The molecule has 0 N–H and O–H groups in total. The number of aromatic nitrogens is 2. The first-order valence-electron chi connectivity index (χ1n) is 8.61. The fraction of sp³-hybridized carbons (Fsp3) is 0.688. The fourth-order valence-corrected chi connectivity index (χ4v) is 3.61. The Hall–Kier alpha value is -2.00. The van der Waals surface area contributed by atoms with Crippen molar-refractivity contribution in [3.05, 3.63) is 12.0 Å². The molecule has 1 amide bonds. The second-order valence-electron chi connectivity index (χ2n) is 6.58. The van der Waals surface area contributed by atoms with Crippen LogP contribution >= 0.6 is 0 Å². The molecule has 1 aromatic heterocycles. The van der Waals surface area contributed by atoms with Crippen LogP contribution < -0.4 is 9.80 Å². The van der Waals surface area contributed by atoms with Crippen LogP contribution in [0, 0.1) is 5.82 Å². The van der Waals surface area contributed by atoms with Crippen LogP contribution in [0.15, 0.2) is 6.20 Å². The molecule has 3 aliphatic heterocycles. The number of amides is 1. The van der Waals surface area contributed by atoms with Gasteiger partial charge in [0.05, 0.1) is 44.6 Å². The largest absolute Gasteiger partial charge is 0.378 e. The van der Waals surface area contributed by atoms with Gasteiger partial charge in [0.15, 0.2) is 11.6 Å². The van der Waals surface area contributed by atoms with E-state index in [1.807, 2.05) is 16.8 Å². The molecule has 9 heteroatoms. The molecule has 136 valence electrons. The zero-order chi connectivity index (χ0) is 17.4. The zero-order valence-corrected chi connectivity index (χ0v) is 14.2. The number of fused-ring (bicyclic) bond motifs is 1. The van der Waals surface area contributed by atoms with Gasteiger partial charge in [-0.25, -0.2) is 9.37 Å². The van der Waals surface area contributed by atoms with Crippen molar-refractivity contribution in [2.45, 2.75) is 18.6 Å². The standard InChI is InChI=1S/C16H22FN5O3/c1-20-12-9-22(10-13(12)25-5-2-14(20)23)16-18-8-11(17)15(19-16)21-3-6-24-7-4-21/h8,12-13H,2-7,9-10H2,1H3/t12-,13-/m0/s1. The van der Waals surface area contributed by atoms with Gasteiger partial charge in [-0.3, -0.25) is 4.79 Å². The maximum absolute atomic E-state index is 14.2. The summed E-state index contributed by atoms with van der Waals surface area (Å²) in [5.74, 6) is 0.442. The molecule has 8 nitrogen and oxygen atoms in total. The Balaban J connectivity index is 1.55. The van der Waals surface area contributed by atoms with E-state index in [0.29, 0.717) is 64.2 Å². The van der Waals surface area contributed by atoms with E-state index in [-0.39, 0.29) is 18.1 Å². The third-order valence-corrected chi connectivity index (χ3v) is 5.08. The number of hydrogen-bond acceptors (Lipinski definition) is 7. The fourth-order valence-electron chi connectivity index (χ4n) is 3.61. The number of morpholine rings is 1. The van der Waals surface area contributed by atoms with Crippen LogP contribution in [0.5, 0.6) is 0 Å². The van der Waals surface area contributed by atoms with E-state index in [9.17, 15) is 9.18 Å². The summed E-state index contributed by atoms with van der Waals surface area (Å²) in [5, 5.41) is 0. The normalized spacial score (nSPS) is 27.4. The SMILES string of the molecule is CN1C(=O)CCO[C@H]2CN(c3ncc(F)c(N4CCOCC4)n3)C[C@@H]21. The average Bonchev–Trinajstić information content (AvgIpc) is 3.01. The molecule has 0 radical (unpaired) electrons. The van der Waals surface area contributed by atoms with Crippen molar-refractivity contribution in [1.82, 2.24) is 14.9 Å². The smallest absolute Gasteiger partial charge is 0.227 e. The highest BCUT2D eigenvalue weighted by Gasteiger charge is 2.41. The highest BCUT2D eigenvalue weighted by molar-refractivity contribution is 5.77. The molecule has 0 bridgehead atoms. The molecule has 0 unspecified atom stereocenters. The van der Waals surface area contributed by atoms with Gasteiger partial charge in [-0.15, -0.1) is 0 Å². The Bertz CT molecular complexity index is 655. The van der Waals surface area contributed by atoms with Gasteiger partial charge in [-0.2, -0.15) is 4.98 Å². The topological polar surface area (TPSA) is 71.0 Å². The number of ether oxygens (including phenoxy) is 2. The predicted octanol–water partition coefficient (Wildman–Crippen LogP) is -0.112. The van der Waals surface area contributed by atoms with E-state index >= 15 is 0 Å². The van der Waals surface area contributed by atoms with Gasteiger partial charge in [0, 0.05) is 33.2 Å². The highest BCUT2D eigenvalue weighted by Crippen LogP contribution is 2.27. The Morgan fingerprint density at radius 2 is 2.00 bits per heavy atom. The zero-order valence-electron chi connectivity index (χ0n) is 14.2. The van der Waals surface area contributed by atoms with Crippen LogP contribution in [0.2, 0.25) is 0 Å². The molecule has 0 saturated carbocycles. The molecule has 2 atom stereocenters. The predicted molar refractivity (Wildman–Crippen MR) is 88.2 cm³/mol. The third-order valence-electron chi connectivity index (χ3n) is 5.08.